The lowest BCUT2D eigenvalue weighted by atomic mass is 9.65. The number of hydrogen-bond acceptors (Lipinski definition) is 4. The van der Waals surface area contributed by atoms with E-state index in [9.17, 15) is 0 Å². The van der Waals surface area contributed by atoms with E-state index in [0.717, 1.165) is 23.3 Å². The fraction of sp³-hybridized carbons (Fsp3) is 0.733. The van der Waals surface area contributed by atoms with Crippen LogP contribution < -0.4 is 10.2 Å². The molecule has 5 nitrogen and oxygen atoms in total. The van der Waals surface area contributed by atoms with Crippen LogP contribution in [0.4, 0.5) is 5.13 Å². The molecular weight excluding hydrogens is 282 g/mol. The van der Waals surface area contributed by atoms with Crippen LogP contribution in [0.3, 0.4) is 0 Å². The Labute approximate surface area is 132 Å². The minimum Gasteiger partial charge on any atom is -0.354 e. The van der Waals surface area contributed by atoms with Gasteiger partial charge in [0.05, 0.1) is 12.2 Å². The van der Waals surface area contributed by atoms with Gasteiger partial charge in [-0.3, -0.25) is 4.99 Å². The minimum absolute atomic E-state index is 0.117. The van der Waals surface area contributed by atoms with Crippen LogP contribution in [-0.4, -0.2) is 49.1 Å². The first-order valence-electron chi connectivity index (χ1n) is 7.29. The minimum atomic E-state index is 0.117. The number of nitrogens with zero attached hydrogens (tertiary/aromatic N) is 4. The fourth-order valence-electron chi connectivity index (χ4n) is 2.45. The SMILES string of the molecule is CN=C(NCc1csc(N(C)C)n1)N1CC(C)(C)C1(C)C. The summed E-state index contributed by atoms with van der Waals surface area (Å²) in [5.41, 5.74) is 1.48. The van der Waals surface area contributed by atoms with E-state index in [0.29, 0.717) is 12.0 Å². The van der Waals surface area contributed by atoms with Gasteiger partial charge in [-0.1, -0.05) is 13.8 Å². The standard InChI is InChI=1S/C15H27N5S/c1-14(2)10-20(15(14,3)4)12(16-5)17-8-11-9-21-13(18-11)19(6)7/h9H,8,10H2,1-7H3,(H,16,17). The summed E-state index contributed by atoms with van der Waals surface area (Å²) in [7, 11) is 5.87. The average Bonchev–Trinajstić information content (AvgIpc) is 2.87. The Bertz CT molecular complexity index is 530. The van der Waals surface area contributed by atoms with Crippen molar-refractivity contribution in [1.82, 2.24) is 15.2 Å². The van der Waals surface area contributed by atoms with Gasteiger partial charge in [0.15, 0.2) is 11.1 Å². The molecule has 118 valence electrons. The van der Waals surface area contributed by atoms with Gasteiger partial charge < -0.3 is 15.1 Å². The highest BCUT2D eigenvalue weighted by atomic mass is 32.1. The van der Waals surface area contributed by atoms with Crippen LogP contribution in [0.25, 0.3) is 0 Å². The van der Waals surface area contributed by atoms with E-state index in [4.69, 9.17) is 0 Å². The third-order valence-corrected chi connectivity index (χ3v) is 5.76. The van der Waals surface area contributed by atoms with Gasteiger partial charge in [-0.25, -0.2) is 4.98 Å². The highest BCUT2D eigenvalue weighted by Crippen LogP contribution is 2.46. The van der Waals surface area contributed by atoms with Crippen LogP contribution in [0.1, 0.15) is 33.4 Å². The number of rotatable bonds is 3. The largest absolute Gasteiger partial charge is 0.354 e. The van der Waals surface area contributed by atoms with Crippen molar-refractivity contribution < 1.29 is 0 Å². The van der Waals surface area contributed by atoms with Gasteiger partial charge in [0, 0.05) is 44.0 Å². The van der Waals surface area contributed by atoms with Crippen LogP contribution >= 0.6 is 11.3 Å². The topological polar surface area (TPSA) is 43.8 Å². The first kappa shape index (κ1) is 16.1. The Hall–Kier alpha value is -1.30. The zero-order valence-corrected chi connectivity index (χ0v) is 15.0. The zero-order chi connectivity index (χ0) is 15.8. The normalized spacial score (nSPS) is 20.1. The molecule has 1 saturated heterocycles. The molecule has 0 aliphatic carbocycles. The van der Waals surface area contributed by atoms with Gasteiger partial charge in [-0.15, -0.1) is 11.3 Å². The molecule has 0 amide bonds. The van der Waals surface area contributed by atoms with Crippen molar-refractivity contribution in [1.29, 1.82) is 0 Å². The molecule has 2 heterocycles. The van der Waals surface area contributed by atoms with Crippen molar-refractivity contribution in [3.63, 3.8) is 0 Å². The highest BCUT2D eigenvalue weighted by molar-refractivity contribution is 7.13. The number of anilines is 1. The van der Waals surface area contributed by atoms with Crippen LogP contribution in [0.15, 0.2) is 10.4 Å². The lowest BCUT2D eigenvalue weighted by molar-refractivity contribution is -0.0668. The van der Waals surface area contributed by atoms with Gasteiger partial charge in [0.1, 0.15) is 0 Å². The third-order valence-electron chi connectivity index (χ3n) is 4.70. The predicted octanol–water partition coefficient (Wildman–Crippen LogP) is 2.40. The summed E-state index contributed by atoms with van der Waals surface area (Å²) in [6.07, 6.45) is 0. The second kappa shape index (κ2) is 5.48. The molecule has 1 aliphatic rings. The Balaban J connectivity index is 1.98. The fourth-order valence-corrected chi connectivity index (χ4v) is 3.21. The van der Waals surface area contributed by atoms with E-state index in [1.165, 1.54) is 0 Å². The van der Waals surface area contributed by atoms with E-state index in [1.807, 2.05) is 26.0 Å². The highest BCUT2D eigenvalue weighted by Gasteiger charge is 2.53. The molecular formula is C15H27N5S. The maximum absolute atomic E-state index is 4.59. The Morgan fingerprint density at radius 1 is 1.43 bits per heavy atom. The lowest BCUT2D eigenvalue weighted by Gasteiger charge is -2.62. The average molecular weight is 309 g/mol. The molecule has 0 saturated carbocycles. The second-order valence-electron chi connectivity index (χ2n) is 6.95. The van der Waals surface area contributed by atoms with E-state index in [-0.39, 0.29) is 5.54 Å². The van der Waals surface area contributed by atoms with Gasteiger partial charge in [0.25, 0.3) is 0 Å². The summed E-state index contributed by atoms with van der Waals surface area (Å²) in [5, 5.41) is 6.57. The number of likely N-dealkylation sites (tertiary alicyclic amines) is 1. The van der Waals surface area contributed by atoms with Gasteiger partial charge in [-0.2, -0.15) is 0 Å². The summed E-state index contributed by atoms with van der Waals surface area (Å²) < 4.78 is 0. The number of aliphatic imine (C=N–C) groups is 1. The van der Waals surface area contributed by atoms with Crippen LogP contribution in [-0.2, 0) is 6.54 Å². The summed E-state index contributed by atoms with van der Waals surface area (Å²) in [6.45, 7) is 10.9. The van der Waals surface area contributed by atoms with E-state index in [2.05, 4.69) is 53.3 Å². The number of thiazole rings is 1. The van der Waals surface area contributed by atoms with Gasteiger partial charge in [-0.05, 0) is 13.8 Å². The molecule has 1 aliphatic heterocycles. The van der Waals surface area contributed by atoms with Gasteiger partial charge in [0.2, 0.25) is 0 Å². The quantitative estimate of drug-likeness (QED) is 0.688. The second-order valence-corrected chi connectivity index (χ2v) is 7.78. The summed E-state index contributed by atoms with van der Waals surface area (Å²) in [6, 6.07) is 0. The number of hydrogen-bond donors (Lipinski definition) is 1. The summed E-state index contributed by atoms with van der Waals surface area (Å²) in [5.74, 6) is 0.957. The molecule has 1 aromatic rings. The number of guanidine groups is 1. The molecule has 1 fully saturated rings. The molecule has 0 unspecified atom stereocenters. The third kappa shape index (κ3) is 2.86. The summed E-state index contributed by atoms with van der Waals surface area (Å²) in [4.78, 5) is 13.4. The molecule has 21 heavy (non-hydrogen) atoms. The molecule has 1 aromatic heterocycles. The Morgan fingerprint density at radius 3 is 2.52 bits per heavy atom. The molecule has 0 spiro atoms. The molecule has 0 radical (unpaired) electrons. The monoisotopic (exact) mass is 309 g/mol. The molecule has 0 bridgehead atoms. The van der Waals surface area contributed by atoms with Crippen LogP contribution in [0, 0.1) is 5.41 Å². The Kier molecular flexibility index (Phi) is 4.19. The van der Waals surface area contributed by atoms with Crippen molar-refractivity contribution in [3.05, 3.63) is 11.1 Å². The maximum Gasteiger partial charge on any atom is 0.194 e. The van der Waals surface area contributed by atoms with Crippen molar-refractivity contribution in [3.8, 4) is 0 Å². The lowest BCUT2D eigenvalue weighted by Crippen LogP contribution is -2.72. The Morgan fingerprint density at radius 2 is 2.10 bits per heavy atom. The van der Waals surface area contributed by atoms with Crippen molar-refractivity contribution >= 4 is 22.4 Å². The first-order chi connectivity index (χ1) is 9.69. The molecule has 1 N–H and O–H groups in total. The van der Waals surface area contributed by atoms with Crippen molar-refractivity contribution in [2.75, 3.05) is 32.6 Å². The summed E-state index contributed by atoms with van der Waals surface area (Å²) >= 11 is 1.67. The van der Waals surface area contributed by atoms with E-state index >= 15 is 0 Å². The predicted molar refractivity (Wildman–Crippen MR) is 91.2 cm³/mol. The molecule has 2 rings (SSSR count). The molecule has 0 atom stereocenters. The smallest absolute Gasteiger partial charge is 0.194 e. The molecule has 6 heteroatoms. The van der Waals surface area contributed by atoms with E-state index in [1.54, 1.807) is 11.3 Å². The molecule has 0 aromatic carbocycles. The number of nitrogens with one attached hydrogen (secondary N) is 1. The van der Waals surface area contributed by atoms with Gasteiger partial charge >= 0.3 is 0 Å². The zero-order valence-electron chi connectivity index (χ0n) is 14.2. The van der Waals surface area contributed by atoms with E-state index < -0.39 is 0 Å². The van der Waals surface area contributed by atoms with Crippen LogP contribution in [0.5, 0.6) is 0 Å². The number of aromatic nitrogens is 1. The first-order valence-corrected chi connectivity index (χ1v) is 8.17. The van der Waals surface area contributed by atoms with Crippen LogP contribution in [0.2, 0.25) is 0 Å². The maximum atomic E-state index is 4.59. The van der Waals surface area contributed by atoms with Crippen molar-refractivity contribution in [2.45, 2.75) is 39.8 Å². The van der Waals surface area contributed by atoms with Crippen molar-refractivity contribution in [2.24, 2.45) is 10.4 Å².